The van der Waals surface area contributed by atoms with Crippen molar-refractivity contribution in [2.75, 3.05) is 6.61 Å². The van der Waals surface area contributed by atoms with E-state index in [1.807, 2.05) is 18.2 Å². The number of nitrogens with two attached hydrogens (primary N) is 1. The number of halogens is 2. The lowest BCUT2D eigenvalue weighted by Crippen LogP contribution is -2.48. The van der Waals surface area contributed by atoms with Crippen LogP contribution in [0.1, 0.15) is 25.0 Å². The summed E-state index contributed by atoms with van der Waals surface area (Å²) >= 11 is 0. The highest BCUT2D eigenvalue weighted by Crippen LogP contribution is 2.30. The van der Waals surface area contributed by atoms with Crippen molar-refractivity contribution in [3.8, 4) is 11.5 Å². The summed E-state index contributed by atoms with van der Waals surface area (Å²) in [6.45, 7) is 0.893. The highest BCUT2D eigenvalue weighted by Gasteiger charge is 2.30. The maximum Gasteiger partial charge on any atom is 0.387 e. The third kappa shape index (κ3) is 4.92. The molecule has 3 N–H and O–H groups in total. The number of ether oxygens (including phenoxy) is 2. The number of nitrogens with one attached hydrogen (secondary N) is 1. The first kappa shape index (κ1) is 19.7. The molecule has 1 unspecified atom stereocenters. The molecule has 0 aliphatic heterocycles. The summed E-state index contributed by atoms with van der Waals surface area (Å²) in [6, 6.07) is 13.5. The van der Waals surface area contributed by atoms with Gasteiger partial charge in [-0.1, -0.05) is 36.4 Å². The SMILES string of the molecule is CCOc1cc(CNC(=O)C(C)(N)c2ccccc2)ccc1OC(F)F. The van der Waals surface area contributed by atoms with Crippen LogP contribution in [0.3, 0.4) is 0 Å². The van der Waals surface area contributed by atoms with E-state index in [0.717, 1.165) is 0 Å². The monoisotopic (exact) mass is 364 g/mol. The molecule has 1 atom stereocenters. The number of alkyl halides is 2. The highest BCUT2D eigenvalue weighted by molar-refractivity contribution is 5.86. The zero-order valence-corrected chi connectivity index (χ0v) is 14.7. The Morgan fingerprint density at radius 1 is 1.19 bits per heavy atom. The summed E-state index contributed by atoms with van der Waals surface area (Å²) in [5, 5.41) is 2.76. The molecule has 0 aromatic heterocycles. The fourth-order valence-electron chi connectivity index (χ4n) is 2.41. The average molecular weight is 364 g/mol. The Bertz CT molecular complexity index is 737. The smallest absolute Gasteiger partial charge is 0.387 e. The number of benzene rings is 2. The molecule has 0 spiro atoms. The van der Waals surface area contributed by atoms with Crippen molar-refractivity contribution in [2.45, 2.75) is 32.5 Å². The molecule has 140 valence electrons. The van der Waals surface area contributed by atoms with Crippen LogP contribution in [0.15, 0.2) is 48.5 Å². The van der Waals surface area contributed by atoms with Crippen LogP contribution < -0.4 is 20.5 Å². The minimum Gasteiger partial charge on any atom is -0.490 e. The van der Waals surface area contributed by atoms with E-state index in [0.29, 0.717) is 17.7 Å². The molecule has 5 nitrogen and oxygen atoms in total. The molecule has 0 heterocycles. The van der Waals surface area contributed by atoms with Gasteiger partial charge >= 0.3 is 6.61 Å². The van der Waals surface area contributed by atoms with Crippen molar-refractivity contribution in [1.82, 2.24) is 5.32 Å². The summed E-state index contributed by atoms with van der Waals surface area (Å²) in [5.74, 6) is -0.211. The second kappa shape index (κ2) is 8.62. The van der Waals surface area contributed by atoms with Gasteiger partial charge in [0.05, 0.1) is 6.61 Å². The minimum absolute atomic E-state index is 0.0510. The Hall–Kier alpha value is -2.67. The molecule has 2 aromatic rings. The molecule has 0 radical (unpaired) electrons. The quantitative estimate of drug-likeness (QED) is 0.755. The summed E-state index contributed by atoms with van der Waals surface area (Å²) < 4.78 is 34.6. The van der Waals surface area contributed by atoms with E-state index in [2.05, 4.69) is 10.1 Å². The summed E-state index contributed by atoms with van der Waals surface area (Å²) in [6.07, 6.45) is 0. The highest BCUT2D eigenvalue weighted by atomic mass is 19.3. The van der Waals surface area contributed by atoms with E-state index in [-0.39, 0.29) is 24.0 Å². The van der Waals surface area contributed by atoms with Gasteiger partial charge in [-0.15, -0.1) is 0 Å². The van der Waals surface area contributed by atoms with Gasteiger partial charge in [0, 0.05) is 6.54 Å². The molecular weight excluding hydrogens is 342 g/mol. The van der Waals surface area contributed by atoms with E-state index in [1.165, 1.54) is 6.07 Å². The van der Waals surface area contributed by atoms with E-state index < -0.39 is 12.2 Å². The van der Waals surface area contributed by atoms with Gasteiger partial charge in [-0.05, 0) is 37.1 Å². The summed E-state index contributed by atoms with van der Waals surface area (Å²) in [7, 11) is 0. The third-order valence-corrected chi connectivity index (χ3v) is 3.82. The Labute approximate surface area is 151 Å². The van der Waals surface area contributed by atoms with Crippen molar-refractivity contribution >= 4 is 5.91 Å². The molecule has 0 aliphatic carbocycles. The first-order valence-corrected chi connectivity index (χ1v) is 8.17. The normalized spacial score (nSPS) is 13.2. The van der Waals surface area contributed by atoms with Gasteiger partial charge in [0.1, 0.15) is 5.54 Å². The van der Waals surface area contributed by atoms with Gasteiger partial charge in [0.15, 0.2) is 11.5 Å². The largest absolute Gasteiger partial charge is 0.490 e. The van der Waals surface area contributed by atoms with Crippen molar-refractivity contribution < 1.29 is 23.0 Å². The van der Waals surface area contributed by atoms with Crippen molar-refractivity contribution in [3.63, 3.8) is 0 Å². The lowest BCUT2D eigenvalue weighted by Gasteiger charge is -2.24. The van der Waals surface area contributed by atoms with Crippen LogP contribution in [0.2, 0.25) is 0 Å². The number of carbonyl (C=O) groups excluding carboxylic acids is 1. The van der Waals surface area contributed by atoms with Crippen molar-refractivity contribution in [1.29, 1.82) is 0 Å². The van der Waals surface area contributed by atoms with Crippen molar-refractivity contribution in [3.05, 3.63) is 59.7 Å². The third-order valence-electron chi connectivity index (χ3n) is 3.82. The molecular formula is C19H22F2N2O3. The number of hydrogen-bond donors (Lipinski definition) is 2. The molecule has 26 heavy (non-hydrogen) atoms. The van der Waals surface area contributed by atoms with Crippen LogP contribution in [-0.4, -0.2) is 19.1 Å². The second-order valence-electron chi connectivity index (χ2n) is 5.84. The van der Waals surface area contributed by atoms with Gasteiger partial charge in [-0.3, -0.25) is 4.79 Å². The van der Waals surface area contributed by atoms with Crippen LogP contribution in [0.25, 0.3) is 0 Å². The molecule has 2 aromatic carbocycles. The maximum absolute atomic E-state index is 12.5. The Kier molecular flexibility index (Phi) is 6.52. The zero-order valence-electron chi connectivity index (χ0n) is 14.7. The van der Waals surface area contributed by atoms with Crippen LogP contribution >= 0.6 is 0 Å². The number of rotatable bonds is 8. The molecule has 2 rings (SSSR count). The summed E-state index contributed by atoms with van der Waals surface area (Å²) in [5.41, 5.74) is 6.33. The second-order valence-corrected chi connectivity index (χ2v) is 5.84. The van der Waals surface area contributed by atoms with E-state index in [1.54, 1.807) is 38.1 Å². The first-order chi connectivity index (χ1) is 12.3. The van der Waals surface area contributed by atoms with Gasteiger partial charge in [0.2, 0.25) is 5.91 Å². The van der Waals surface area contributed by atoms with E-state index >= 15 is 0 Å². The molecule has 0 saturated carbocycles. The topological polar surface area (TPSA) is 73.6 Å². The number of hydrogen-bond acceptors (Lipinski definition) is 4. The van der Waals surface area contributed by atoms with Crippen LogP contribution in [0.5, 0.6) is 11.5 Å². The number of amides is 1. The fourth-order valence-corrected chi connectivity index (χ4v) is 2.41. The van der Waals surface area contributed by atoms with Gasteiger partial charge in [-0.25, -0.2) is 0 Å². The number of carbonyl (C=O) groups is 1. The molecule has 0 fully saturated rings. The Balaban J connectivity index is 2.08. The molecule has 0 bridgehead atoms. The fraction of sp³-hybridized carbons (Fsp3) is 0.316. The van der Waals surface area contributed by atoms with Crippen molar-refractivity contribution in [2.24, 2.45) is 5.73 Å². The van der Waals surface area contributed by atoms with Crippen LogP contribution in [0.4, 0.5) is 8.78 Å². The zero-order chi connectivity index (χ0) is 19.2. The van der Waals surface area contributed by atoms with Gasteiger partial charge in [-0.2, -0.15) is 8.78 Å². The predicted octanol–water partition coefficient (Wildman–Crippen LogP) is 3.18. The average Bonchev–Trinajstić information content (AvgIpc) is 2.62. The Morgan fingerprint density at radius 3 is 2.50 bits per heavy atom. The van der Waals surface area contributed by atoms with E-state index in [4.69, 9.17) is 10.5 Å². The van der Waals surface area contributed by atoms with Crippen LogP contribution in [0, 0.1) is 0 Å². The molecule has 1 amide bonds. The maximum atomic E-state index is 12.5. The minimum atomic E-state index is -2.94. The van der Waals surface area contributed by atoms with Gasteiger partial charge < -0.3 is 20.5 Å². The first-order valence-electron chi connectivity index (χ1n) is 8.17. The van der Waals surface area contributed by atoms with Gasteiger partial charge in [0.25, 0.3) is 0 Å². The standard InChI is InChI=1S/C19H22F2N2O3/c1-3-25-16-11-13(9-10-15(16)26-18(20)21)12-23-17(24)19(2,22)14-7-5-4-6-8-14/h4-11,18H,3,12,22H2,1-2H3,(H,23,24). The van der Waals surface area contributed by atoms with Crippen LogP contribution in [-0.2, 0) is 16.9 Å². The lowest BCUT2D eigenvalue weighted by molar-refractivity contribution is -0.126. The Morgan fingerprint density at radius 2 is 1.88 bits per heavy atom. The predicted molar refractivity (Wildman–Crippen MR) is 94.1 cm³/mol. The lowest BCUT2D eigenvalue weighted by atomic mass is 9.92. The molecule has 0 saturated heterocycles. The van der Waals surface area contributed by atoms with E-state index in [9.17, 15) is 13.6 Å². The molecule has 7 heteroatoms. The summed E-state index contributed by atoms with van der Waals surface area (Å²) in [4.78, 5) is 12.5. The molecule has 0 aliphatic rings.